The molecular formula is C8H7ClF13N. The molecule has 0 rings (SSSR count). The molecule has 0 aliphatic carbocycles. The lowest BCUT2D eigenvalue weighted by Crippen LogP contribution is -2.70. The molecule has 0 aromatic heterocycles. The SMILES string of the molecule is Cl.NCCC(F)(F)C(F)(F)C(F)(F)C(F)(F)C(F)(F)C(F)(F)F. The molecule has 0 unspecified atom stereocenters. The minimum absolute atomic E-state index is 0. The Morgan fingerprint density at radius 2 is 0.826 bits per heavy atom. The van der Waals surface area contributed by atoms with E-state index in [0.29, 0.717) is 0 Å². The Balaban J connectivity index is 0. The molecule has 0 aromatic carbocycles. The summed E-state index contributed by atoms with van der Waals surface area (Å²) in [6.07, 6.45) is -9.75. The Labute approximate surface area is 125 Å². The fraction of sp³-hybridized carbons (Fsp3) is 1.00. The summed E-state index contributed by atoms with van der Waals surface area (Å²) >= 11 is 0. The largest absolute Gasteiger partial charge is 0.460 e. The number of rotatable bonds is 6. The second-order valence-electron chi connectivity index (χ2n) is 4.04. The minimum Gasteiger partial charge on any atom is -0.330 e. The summed E-state index contributed by atoms with van der Waals surface area (Å²) in [5, 5.41) is 0. The van der Waals surface area contributed by atoms with Gasteiger partial charge in [0.1, 0.15) is 0 Å². The van der Waals surface area contributed by atoms with Gasteiger partial charge in [-0.25, -0.2) is 0 Å². The minimum atomic E-state index is -7.85. The van der Waals surface area contributed by atoms with Crippen molar-refractivity contribution >= 4 is 12.4 Å². The summed E-state index contributed by atoms with van der Waals surface area (Å²) < 4.78 is 162. The van der Waals surface area contributed by atoms with Crippen LogP contribution < -0.4 is 5.73 Å². The first-order chi connectivity index (χ1) is 9.31. The van der Waals surface area contributed by atoms with Crippen molar-refractivity contribution in [3.8, 4) is 0 Å². The molecule has 15 heteroatoms. The number of hydrogen-bond donors (Lipinski definition) is 1. The number of nitrogens with two attached hydrogens (primary N) is 1. The molecule has 2 N–H and O–H groups in total. The van der Waals surface area contributed by atoms with Gasteiger partial charge in [-0.1, -0.05) is 0 Å². The van der Waals surface area contributed by atoms with Crippen molar-refractivity contribution in [3.63, 3.8) is 0 Å². The summed E-state index contributed by atoms with van der Waals surface area (Å²) in [7, 11) is 0. The zero-order valence-corrected chi connectivity index (χ0v) is 11.1. The van der Waals surface area contributed by atoms with Crippen molar-refractivity contribution < 1.29 is 57.1 Å². The van der Waals surface area contributed by atoms with Gasteiger partial charge < -0.3 is 5.73 Å². The second kappa shape index (κ2) is 6.33. The molecule has 0 radical (unpaired) electrons. The van der Waals surface area contributed by atoms with Crippen LogP contribution in [0.3, 0.4) is 0 Å². The first kappa shape index (κ1) is 24.6. The number of alkyl halides is 13. The summed E-state index contributed by atoms with van der Waals surface area (Å²) in [6, 6.07) is 0. The third-order valence-electron chi connectivity index (χ3n) is 2.46. The van der Waals surface area contributed by atoms with Crippen LogP contribution in [0.25, 0.3) is 0 Å². The van der Waals surface area contributed by atoms with Crippen molar-refractivity contribution in [3.05, 3.63) is 0 Å². The number of halogens is 14. The highest BCUT2D eigenvalue weighted by Gasteiger charge is 2.90. The van der Waals surface area contributed by atoms with Crippen LogP contribution in [-0.4, -0.2) is 42.3 Å². The average Bonchev–Trinajstić information content (AvgIpc) is 2.26. The highest BCUT2D eigenvalue weighted by Crippen LogP contribution is 2.60. The normalized spacial score (nSPS) is 15.4. The van der Waals surface area contributed by atoms with Crippen LogP contribution >= 0.6 is 12.4 Å². The highest BCUT2D eigenvalue weighted by molar-refractivity contribution is 5.85. The Morgan fingerprint density at radius 3 is 1.09 bits per heavy atom. The van der Waals surface area contributed by atoms with Gasteiger partial charge in [-0.3, -0.25) is 0 Å². The third kappa shape index (κ3) is 3.42. The van der Waals surface area contributed by atoms with E-state index in [1.165, 1.54) is 0 Å². The molecule has 0 bridgehead atoms. The molecule has 0 saturated heterocycles. The van der Waals surface area contributed by atoms with E-state index in [1.807, 2.05) is 0 Å². The zero-order chi connectivity index (χ0) is 18.4. The van der Waals surface area contributed by atoms with E-state index in [0.717, 1.165) is 0 Å². The summed E-state index contributed by atoms with van der Waals surface area (Å²) in [6.45, 7) is -1.46. The lowest BCUT2D eigenvalue weighted by molar-refractivity contribution is -0.440. The fourth-order valence-corrected chi connectivity index (χ4v) is 1.14. The molecule has 0 fully saturated rings. The summed E-state index contributed by atoms with van der Waals surface area (Å²) in [5.74, 6) is -36.5. The van der Waals surface area contributed by atoms with Crippen molar-refractivity contribution in [1.82, 2.24) is 0 Å². The Morgan fingerprint density at radius 1 is 0.522 bits per heavy atom. The molecule has 23 heavy (non-hydrogen) atoms. The fourth-order valence-electron chi connectivity index (χ4n) is 1.14. The molecule has 0 atom stereocenters. The van der Waals surface area contributed by atoms with Gasteiger partial charge in [0.2, 0.25) is 0 Å². The van der Waals surface area contributed by atoms with E-state index in [2.05, 4.69) is 5.73 Å². The predicted octanol–water partition coefficient (Wildman–Crippen LogP) is 4.50. The monoisotopic (exact) mass is 399 g/mol. The molecule has 1 nitrogen and oxygen atoms in total. The van der Waals surface area contributed by atoms with Crippen LogP contribution in [0.2, 0.25) is 0 Å². The maximum Gasteiger partial charge on any atom is 0.460 e. The predicted molar refractivity (Wildman–Crippen MR) is 51.7 cm³/mol. The van der Waals surface area contributed by atoms with Crippen LogP contribution in [-0.2, 0) is 0 Å². The van der Waals surface area contributed by atoms with Gasteiger partial charge in [0.15, 0.2) is 0 Å². The van der Waals surface area contributed by atoms with Gasteiger partial charge in [-0.05, 0) is 6.54 Å². The van der Waals surface area contributed by atoms with Crippen molar-refractivity contribution in [2.24, 2.45) is 5.73 Å². The standard InChI is InChI=1S/C8H6F13N.ClH/c9-3(10,1-2-22)4(11,12)5(13,14)6(15,16)7(17,18)8(19,20)21;/h1-2,22H2;1H. The average molecular weight is 400 g/mol. The van der Waals surface area contributed by atoms with Crippen LogP contribution in [0.15, 0.2) is 0 Å². The van der Waals surface area contributed by atoms with Crippen LogP contribution in [0.4, 0.5) is 57.1 Å². The maximum absolute atomic E-state index is 12.8. The molecule has 0 spiro atoms. The Kier molecular flexibility index (Phi) is 6.77. The van der Waals surface area contributed by atoms with E-state index in [1.54, 1.807) is 0 Å². The van der Waals surface area contributed by atoms with Gasteiger partial charge in [0.25, 0.3) is 0 Å². The van der Waals surface area contributed by atoms with Gasteiger partial charge in [0, 0.05) is 6.42 Å². The van der Waals surface area contributed by atoms with E-state index in [4.69, 9.17) is 0 Å². The quantitative estimate of drug-likeness (QED) is 0.654. The second-order valence-corrected chi connectivity index (χ2v) is 4.04. The maximum atomic E-state index is 12.8. The van der Waals surface area contributed by atoms with E-state index < -0.39 is 48.8 Å². The van der Waals surface area contributed by atoms with Crippen molar-refractivity contribution in [2.75, 3.05) is 6.54 Å². The highest BCUT2D eigenvalue weighted by atomic mass is 35.5. The molecule has 0 aliphatic heterocycles. The van der Waals surface area contributed by atoms with Gasteiger partial charge >= 0.3 is 35.8 Å². The molecule has 0 heterocycles. The Bertz CT molecular complexity index is 401. The van der Waals surface area contributed by atoms with Gasteiger partial charge in [-0.2, -0.15) is 57.1 Å². The first-order valence-electron chi connectivity index (χ1n) is 4.97. The smallest absolute Gasteiger partial charge is 0.330 e. The van der Waals surface area contributed by atoms with Gasteiger partial charge in [0.05, 0.1) is 0 Å². The molecule has 0 aliphatic rings. The molecular weight excluding hydrogens is 393 g/mol. The first-order valence-corrected chi connectivity index (χ1v) is 4.97. The van der Waals surface area contributed by atoms with Crippen LogP contribution in [0.1, 0.15) is 6.42 Å². The van der Waals surface area contributed by atoms with Gasteiger partial charge in [-0.15, -0.1) is 12.4 Å². The van der Waals surface area contributed by atoms with Crippen molar-refractivity contribution in [1.29, 1.82) is 0 Å². The lowest BCUT2D eigenvalue weighted by atomic mass is 9.92. The zero-order valence-electron chi connectivity index (χ0n) is 10.3. The molecule has 0 aromatic rings. The third-order valence-corrected chi connectivity index (χ3v) is 2.46. The lowest BCUT2D eigenvalue weighted by Gasteiger charge is -2.39. The van der Waals surface area contributed by atoms with Crippen molar-refractivity contribution in [2.45, 2.75) is 42.2 Å². The van der Waals surface area contributed by atoms with Crippen LogP contribution in [0, 0.1) is 0 Å². The van der Waals surface area contributed by atoms with E-state index >= 15 is 0 Å². The summed E-state index contributed by atoms with van der Waals surface area (Å²) in [4.78, 5) is 0. The number of hydrogen-bond acceptors (Lipinski definition) is 1. The van der Waals surface area contributed by atoms with Crippen LogP contribution in [0.5, 0.6) is 0 Å². The molecule has 0 amide bonds. The molecule has 142 valence electrons. The molecule has 0 saturated carbocycles. The summed E-state index contributed by atoms with van der Waals surface area (Å²) in [5.41, 5.74) is 4.34. The van der Waals surface area contributed by atoms with E-state index in [-0.39, 0.29) is 12.4 Å². The topological polar surface area (TPSA) is 26.0 Å². The van der Waals surface area contributed by atoms with E-state index in [9.17, 15) is 57.1 Å². The Hall–Kier alpha value is -0.660.